The molecule has 0 saturated carbocycles. The number of nitrogens with zero attached hydrogens (tertiary/aromatic N) is 3. The highest BCUT2D eigenvalue weighted by Crippen LogP contribution is 2.18. The van der Waals surface area contributed by atoms with E-state index in [1.807, 2.05) is 10.9 Å². The predicted octanol–water partition coefficient (Wildman–Crippen LogP) is 2.87. The molecule has 1 unspecified atom stereocenters. The van der Waals surface area contributed by atoms with Crippen LogP contribution in [0.1, 0.15) is 34.9 Å². The second-order valence-electron chi connectivity index (χ2n) is 6.09. The Hall–Kier alpha value is -1.92. The highest BCUT2D eigenvalue weighted by atomic mass is 35.5. The fraction of sp³-hybridized carbons (Fsp3) is 0.412. The monoisotopic (exact) mass is 350 g/mol. The Kier molecular flexibility index (Phi) is 5.16. The first kappa shape index (κ1) is 16.9. The Balaban J connectivity index is 1.66. The van der Waals surface area contributed by atoms with E-state index in [1.54, 1.807) is 19.2 Å². The lowest BCUT2D eigenvalue weighted by atomic mass is 10.1. The summed E-state index contributed by atoms with van der Waals surface area (Å²) in [6.07, 6.45) is 4.01. The van der Waals surface area contributed by atoms with Crippen molar-refractivity contribution < 1.29 is 9.18 Å². The molecule has 24 heavy (non-hydrogen) atoms. The number of hydrogen-bond acceptors (Lipinski definition) is 3. The maximum absolute atomic E-state index is 13.5. The van der Waals surface area contributed by atoms with E-state index in [0.717, 1.165) is 25.9 Å². The zero-order valence-electron chi connectivity index (χ0n) is 13.5. The molecule has 2 aromatic rings. The third-order valence-electron chi connectivity index (χ3n) is 4.22. The van der Waals surface area contributed by atoms with Crippen molar-refractivity contribution in [3.05, 3.63) is 52.6 Å². The van der Waals surface area contributed by atoms with Gasteiger partial charge in [-0.15, -0.1) is 0 Å². The molecule has 3 rings (SSSR count). The first-order chi connectivity index (χ1) is 11.5. The van der Waals surface area contributed by atoms with Gasteiger partial charge in [-0.1, -0.05) is 17.7 Å². The first-order valence-electron chi connectivity index (χ1n) is 8.00. The number of rotatable bonds is 4. The van der Waals surface area contributed by atoms with Crippen LogP contribution < -0.4 is 5.32 Å². The molecule has 1 saturated heterocycles. The Morgan fingerprint density at radius 1 is 1.50 bits per heavy atom. The SMILES string of the molecule is CN(Cc1ccc(Cl)c(F)c1)C(=O)c1ccn(C2CCCNC2)n1. The van der Waals surface area contributed by atoms with Crippen LogP contribution in [0.4, 0.5) is 4.39 Å². The summed E-state index contributed by atoms with van der Waals surface area (Å²) in [5, 5.41) is 7.83. The third-order valence-corrected chi connectivity index (χ3v) is 4.53. The second kappa shape index (κ2) is 7.32. The molecular weight excluding hydrogens is 331 g/mol. The van der Waals surface area contributed by atoms with Crippen molar-refractivity contribution in [2.75, 3.05) is 20.1 Å². The fourth-order valence-electron chi connectivity index (χ4n) is 2.89. The van der Waals surface area contributed by atoms with Crippen LogP contribution in [0.5, 0.6) is 0 Å². The zero-order chi connectivity index (χ0) is 17.1. The number of amides is 1. The van der Waals surface area contributed by atoms with E-state index in [0.29, 0.717) is 17.8 Å². The van der Waals surface area contributed by atoms with E-state index in [4.69, 9.17) is 11.6 Å². The van der Waals surface area contributed by atoms with E-state index < -0.39 is 5.82 Å². The van der Waals surface area contributed by atoms with Crippen LogP contribution in [0.3, 0.4) is 0 Å². The van der Waals surface area contributed by atoms with Gasteiger partial charge in [0.25, 0.3) is 5.91 Å². The first-order valence-corrected chi connectivity index (χ1v) is 8.37. The average Bonchev–Trinajstić information content (AvgIpc) is 3.08. The molecule has 0 bridgehead atoms. The van der Waals surface area contributed by atoms with Crippen molar-refractivity contribution in [3.8, 4) is 0 Å². The van der Waals surface area contributed by atoms with Gasteiger partial charge >= 0.3 is 0 Å². The molecule has 2 heterocycles. The zero-order valence-corrected chi connectivity index (χ0v) is 14.3. The Labute approximate surface area is 145 Å². The molecule has 0 spiro atoms. The molecule has 7 heteroatoms. The van der Waals surface area contributed by atoms with E-state index in [1.165, 1.54) is 17.0 Å². The summed E-state index contributed by atoms with van der Waals surface area (Å²) in [5.41, 5.74) is 1.08. The van der Waals surface area contributed by atoms with Crippen molar-refractivity contribution in [1.82, 2.24) is 20.0 Å². The number of halogens is 2. The lowest BCUT2D eigenvalue weighted by Crippen LogP contribution is -2.32. The maximum atomic E-state index is 13.5. The minimum absolute atomic E-state index is 0.0764. The number of hydrogen-bond donors (Lipinski definition) is 1. The summed E-state index contributed by atoms with van der Waals surface area (Å²) in [4.78, 5) is 14.0. The Morgan fingerprint density at radius 3 is 3.04 bits per heavy atom. The second-order valence-corrected chi connectivity index (χ2v) is 6.50. The molecule has 0 radical (unpaired) electrons. The fourth-order valence-corrected chi connectivity index (χ4v) is 3.01. The minimum Gasteiger partial charge on any atom is -0.336 e. The van der Waals surface area contributed by atoms with Gasteiger partial charge in [-0.05, 0) is 43.1 Å². The predicted molar refractivity (Wildman–Crippen MR) is 90.6 cm³/mol. The molecule has 1 N–H and O–H groups in total. The summed E-state index contributed by atoms with van der Waals surface area (Å²) < 4.78 is 15.4. The van der Waals surface area contributed by atoms with Crippen LogP contribution in [0.15, 0.2) is 30.5 Å². The third kappa shape index (κ3) is 3.76. The van der Waals surface area contributed by atoms with Gasteiger partial charge in [-0.3, -0.25) is 9.48 Å². The summed E-state index contributed by atoms with van der Waals surface area (Å²) in [6.45, 7) is 2.20. The maximum Gasteiger partial charge on any atom is 0.274 e. The van der Waals surface area contributed by atoms with Gasteiger partial charge in [0.1, 0.15) is 11.5 Å². The van der Waals surface area contributed by atoms with Gasteiger partial charge in [0.05, 0.1) is 11.1 Å². The highest BCUT2D eigenvalue weighted by Gasteiger charge is 2.19. The van der Waals surface area contributed by atoms with Crippen LogP contribution in [-0.2, 0) is 6.54 Å². The average molecular weight is 351 g/mol. The number of nitrogens with one attached hydrogen (secondary N) is 1. The number of carbonyl (C=O) groups excluding carboxylic acids is 1. The van der Waals surface area contributed by atoms with Crippen LogP contribution >= 0.6 is 11.6 Å². The van der Waals surface area contributed by atoms with Gasteiger partial charge in [0, 0.05) is 26.3 Å². The Morgan fingerprint density at radius 2 is 2.33 bits per heavy atom. The quantitative estimate of drug-likeness (QED) is 0.922. The molecule has 1 aliphatic rings. The summed E-state index contributed by atoms with van der Waals surface area (Å²) in [6, 6.07) is 6.57. The molecule has 0 aliphatic carbocycles. The van der Waals surface area contributed by atoms with Gasteiger partial charge in [-0.25, -0.2) is 4.39 Å². The molecular formula is C17H20ClFN4O. The van der Waals surface area contributed by atoms with Crippen molar-refractivity contribution >= 4 is 17.5 Å². The molecule has 1 aromatic carbocycles. The van der Waals surface area contributed by atoms with E-state index in [2.05, 4.69) is 10.4 Å². The molecule has 5 nitrogen and oxygen atoms in total. The number of piperidine rings is 1. The van der Waals surface area contributed by atoms with Gasteiger partial charge < -0.3 is 10.2 Å². The van der Waals surface area contributed by atoms with Crippen LogP contribution in [0.25, 0.3) is 0 Å². The smallest absolute Gasteiger partial charge is 0.274 e. The lowest BCUT2D eigenvalue weighted by molar-refractivity contribution is 0.0777. The highest BCUT2D eigenvalue weighted by molar-refractivity contribution is 6.30. The topological polar surface area (TPSA) is 50.2 Å². The normalized spacial score (nSPS) is 17.7. The number of carbonyl (C=O) groups is 1. The van der Waals surface area contributed by atoms with E-state index in [-0.39, 0.29) is 17.0 Å². The summed E-state index contributed by atoms with van der Waals surface area (Å²) >= 11 is 5.68. The molecule has 1 amide bonds. The minimum atomic E-state index is -0.482. The molecule has 1 atom stereocenters. The van der Waals surface area contributed by atoms with Crippen molar-refractivity contribution in [2.24, 2.45) is 0 Å². The number of aromatic nitrogens is 2. The molecule has 1 fully saturated rings. The van der Waals surface area contributed by atoms with Crippen molar-refractivity contribution in [3.63, 3.8) is 0 Å². The largest absolute Gasteiger partial charge is 0.336 e. The summed E-state index contributed by atoms with van der Waals surface area (Å²) in [5.74, 6) is -0.669. The standard InChI is InChI=1S/C17H20ClFN4O/c1-22(11-12-4-5-14(18)15(19)9-12)17(24)16-6-8-23(21-16)13-3-2-7-20-10-13/h4-6,8-9,13,20H,2-3,7,10-11H2,1H3. The van der Waals surface area contributed by atoms with E-state index in [9.17, 15) is 9.18 Å². The number of benzene rings is 1. The van der Waals surface area contributed by atoms with Crippen molar-refractivity contribution in [1.29, 1.82) is 0 Å². The van der Waals surface area contributed by atoms with Gasteiger partial charge in [0.2, 0.25) is 0 Å². The van der Waals surface area contributed by atoms with Crippen LogP contribution in [-0.4, -0.2) is 40.7 Å². The van der Waals surface area contributed by atoms with E-state index >= 15 is 0 Å². The summed E-state index contributed by atoms with van der Waals surface area (Å²) in [7, 11) is 1.68. The van der Waals surface area contributed by atoms with Gasteiger partial charge in [-0.2, -0.15) is 5.10 Å². The Bertz CT molecular complexity index is 727. The van der Waals surface area contributed by atoms with Crippen LogP contribution in [0, 0.1) is 5.82 Å². The van der Waals surface area contributed by atoms with Crippen LogP contribution in [0.2, 0.25) is 5.02 Å². The molecule has 128 valence electrons. The lowest BCUT2D eigenvalue weighted by Gasteiger charge is -2.23. The van der Waals surface area contributed by atoms with Gasteiger partial charge in [0.15, 0.2) is 0 Å². The molecule has 1 aliphatic heterocycles. The molecule has 1 aromatic heterocycles. The van der Waals surface area contributed by atoms with Crippen molar-refractivity contribution in [2.45, 2.75) is 25.4 Å².